The zero-order valence-electron chi connectivity index (χ0n) is 9.96. The van der Waals surface area contributed by atoms with Gasteiger partial charge in [0.25, 0.3) is 5.91 Å². The molecule has 0 radical (unpaired) electrons. The first kappa shape index (κ1) is 16.0. The van der Waals surface area contributed by atoms with Gasteiger partial charge in [-0.2, -0.15) is 0 Å². The number of nitrogens with zero attached hydrogens (tertiary/aromatic N) is 1. The zero-order valence-corrected chi connectivity index (χ0v) is 13.6. The van der Waals surface area contributed by atoms with Crippen LogP contribution in [-0.4, -0.2) is 43.5 Å². The maximum Gasteiger partial charge on any atom is 0.254 e. The number of hydrogen-bond donors (Lipinski definition) is 0. The highest BCUT2D eigenvalue weighted by Gasteiger charge is 2.15. The van der Waals surface area contributed by atoms with Crippen molar-refractivity contribution in [3.8, 4) is 0 Å². The first-order valence-electron chi connectivity index (χ1n) is 5.39. The smallest absolute Gasteiger partial charge is 0.254 e. The first-order valence-corrected chi connectivity index (χ1v) is 7.38. The predicted octanol–water partition coefficient (Wildman–Crippen LogP) is 3.27. The average Bonchev–Trinajstić information content (AvgIpc) is 2.37. The van der Waals surface area contributed by atoms with Crippen LogP contribution >= 0.6 is 45.8 Å². The van der Waals surface area contributed by atoms with E-state index in [0.717, 1.165) is 3.57 Å². The molecule has 1 amide bonds. The molecular formula is C12H14Cl2INO2. The van der Waals surface area contributed by atoms with Gasteiger partial charge in [-0.3, -0.25) is 4.79 Å². The van der Waals surface area contributed by atoms with E-state index < -0.39 is 0 Å². The normalized spacial score (nSPS) is 10.4. The molecule has 0 aromatic heterocycles. The molecule has 0 aliphatic carbocycles. The quantitative estimate of drug-likeness (QED) is 0.540. The van der Waals surface area contributed by atoms with Crippen molar-refractivity contribution >= 4 is 51.7 Å². The predicted molar refractivity (Wildman–Crippen MR) is 82.7 cm³/mol. The lowest BCUT2D eigenvalue weighted by Gasteiger charge is -2.21. The van der Waals surface area contributed by atoms with E-state index >= 15 is 0 Å². The summed E-state index contributed by atoms with van der Waals surface area (Å²) in [5.74, 6) is 0.319. The van der Waals surface area contributed by atoms with E-state index in [1.165, 1.54) is 0 Å². The molecule has 18 heavy (non-hydrogen) atoms. The zero-order chi connectivity index (χ0) is 13.5. The molecule has 0 atom stereocenters. The van der Waals surface area contributed by atoms with Gasteiger partial charge in [0, 0.05) is 35.2 Å². The van der Waals surface area contributed by atoms with Gasteiger partial charge >= 0.3 is 0 Å². The highest BCUT2D eigenvalue weighted by atomic mass is 127. The van der Waals surface area contributed by atoms with Crippen molar-refractivity contribution in [3.63, 3.8) is 0 Å². The lowest BCUT2D eigenvalue weighted by atomic mass is 10.2. The highest BCUT2D eigenvalue weighted by Crippen LogP contribution is 2.20. The van der Waals surface area contributed by atoms with Crippen LogP contribution in [0.5, 0.6) is 0 Å². The Labute approximate surface area is 131 Å². The largest absolute Gasteiger partial charge is 0.383 e. The Balaban J connectivity index is 2.83. The Morgan fingerprint density at radius 2 is 2.17 bits per heavy atom. The fourth-order valence-corrected chi connectivity index (χ4v) is 2.15. The van der Waals surface area contributed by atoms with Crippen LogP contribution in [0.1, 0.15) is 10.4 Å². The molecule has 100 valence electrons. The van der Waals surface area contributed by atoms with E-state index in [4.69, 9.17) is 27.9 Å². The second kappa shape index (κ2) is 8.19. The van der Waals surface area contributed by atoms with Crippen LogP contribution in [0.3, 0.4) is 0 Å². The number of hydrogen-bond acceptors (Lipinski definition) is 2. The molecule has 0 saturated carbocycles. The number of rotatable bonds is 6. The van der Waals surface area contributed by atoms with Crippen LogP contribution < -0.4 is 0 Å². The molecule has 1 rings (SSSR count). The van der Waals surface area contributed by atoms with Gasteiger partial charge in [-0.05, 0) is 40.8 Å². The van der Waals surface area contributed by atoms with Crippen LogP contribution in [0.25, 0.3) is 0 Å². The molecule has 0 spiro atoms. The van der Waals surface area contributed by atoms with E-state index in [1.54, 1.807) is 24.1 Å². The Morgan fingerprint density at radius 3 is 2.72 bits per heavy atom. The van der Waals surface area contributed by atoms with E-state index in [-0.39, 0.29) is 5.91 Å². The Morgan fingerprint density at radius 1 is 1.44 bits per heavy atom. The fraction of sp³-hybridized carbons (Fsp3) is 0.417. The summed E-state index contributed by atoms with van der Waals surface area (Å²) in [6.45, 7) is 1.50. The average molecular weight is 402 g/mol. The first-order chi connectivity index (χ1) is 8.60. The number of amides is 1. The molecule has 0 saturated heterocycles. The Kier molecular flexibility index (Phi) is 7.29. The molecule has 1 aromatic carbocycles. The molecule has 3 nitrogen and oxygen atoms in total. The van der Waals surface area contributed by atoms with Gasteiger partial charge < -0.3 is 9.64 Å². The second-order valence-electron chi connectivity index (χ2n) is 3.60. The van der Waals surface area contributed by atoms with Gasteiger partial charge in [0.2, 0.25) is 0 Å². The standard InChI is InChI=1S/C12H14Cl2INO2/c1-18-7-6-16(5-4-13)12(17)9-2-3-11(15)10(14)8-9/h2-3,8H,4-7H2,1H3. The number of halogens is 3. The van der Waals surface area contributed by atoms with Gasteiger partial charge in [0.15, 0.2) is 0 Å². The summed E-state index contributed by atoms with van der Waals surface area (Å²) in [7, 11) is 1.60. The van der Waals surface area contributed by atoms with Crippen molar-refractivity contribution in [2.45, 2.75) is 0 Å². The molecular weight excluding hydrogens is 388 g/mol. The summed E-state index contributed by atoms with van der Waals surface area (Å²) in [6, 6.07) is 5.27. The summed E-state index contributed by atoms with van der Waals surface area (Å²) < 4.78 is 5.91. The minimum absolute atomic E-state index is 0.0778. The van der Waals surface area contributed by atoms with Crippen LogP contribution in [-0.2, 0) is 4.74 Å². The maximum atomic E-state index is 12.3. The number of alkyl halides is 1. The maximum absolute atomic E-state index is 12.3. The van der Waals surface area contributed by atoms with E-state index in [9.17, 15) is 4.79 Å². The molecule has 1 aromatic rings. The van der Waals surface area contributed by atoms with Gasteiger partial charge in [-0.15, -0.1) is 11.6 Å². The fourth-order valence-electron chi connectivity index (χ4n) is 1.43. The summed E-state index contributed by atoms with van der Waals surface area (Å²) in [5, 5.41) is 0.582. The van der Waals surface area contributed by atoms with Crippen molar-refractivity contribution in [1.82, 2.24) is 4.90 Å². The SMILES string of the molecule is COCCN(CCCl)C(=O)c1ccc(I)c(Cl)c1. The number of ether oxygens (including phenoxy) is 1. The number of carbonyl (C=O) groups excluding carboxylic acids is 1. The third kappa shape index (κ3) is 4.57. The molecule has 0 N–H and O–H groups in total. The molecule has 0 aliphatic heterocycles. The minimum atomic E-state index is -0.0778. The van der Waals surface area contributed by atoms with E-state index in [0.29, 0.717) is 36.2 Å². The van der Waals surface area contributed by atoms with Crippen molar-refractivity contribution in [2.75, 3.05) is 32.7 Å². The summed E-state index contributed by atoms with van der Waals surface area (Å²) in [5.41, 5.74) is 0.571. The van der Waals surface area contributed by atoms with Crippen molar-refractivity contribution in [2.24, 2.45) is 0 Å². The summed E-state index contributed by atoms with van der Waals surface area (Å²) in [4.78, 5) is 13.9. The lowest BCUT2D eigenvalue weighted by Crippen LogP contribution is -2.35. The van der Waals surface area contributed by atoms with Crippen LogP contribution in [0, 0.1) is 3.57 Å². The number of carbonyl (C=O) groups is 1. The molecule has 0 bridgehead atoms. The van der Waals surface area contributed by atoms with Crippen LogP contribution in [0.2, 0.25) is 5.02 Å². The molecule has 0 fully saturated rings. The third-order valence-electron chi connectivity index (χ3n) is 2.37. The van der Waals surface area contributed by atoms with E-state index in [2.05, 4.69) is 22.6 Å². The number of methoxy groups -OCH3 is 1. The van der Waals surface area contributed by atoms with Gasteiger partial charge in [-0.25, -0.2) is 0 Å². The minimum Gasteiger partial charge on any atom is -0.383 e. The topological polar surface area (TPSA) is 29.5 Å². The van der Waals surface area contributed by atoms with Crippen molar-refractivity contribution in [1.29, 1.82) is 0 Å². The number of benzene rings is 1. The molecule has 0 unspecified atom stereocenters. The van der Waals surface area contributed by atoms with Crippen LogP contribution in [0.4, 0.5) is 0 Å². The lowest BCUT2D eigenvalue weighted by molar-refractivity contribution is 0.0708. The molecule has 6 heteroatoms. The summed E-state index contributed by atoms with van der Waals surface area (Å²) in [6.07, 6.45) is 0. The van der Waals surface area contributed by atoms with Crippen molar-refractivity contribution < 1.29 is 9.53 Å². The summed E-state index contributed by atoms with van der Waals surface area (Å²) >= 11 is 13.8. The van der Waals surface area contributed by atoms with Gasteiger partial charge in [-0.1, -0.05) is 11.6 Å². The molecule has 0 aliphatic rings. The van der Waals surface area contributed by atoms with Gasteiger partial charge in [0.05, 0.1) is 11.6 Å². The van der Waals surface area contributed by atoms with Crippen molar-refractivity contribution in [3.05, 3.63) is 32.4 Å². The Hall–Kier alpha value is -0.0400. The van der Waals surface area contributed by atoms with Gasteiger partial charge in [0.1, 0.15) is 0 Å². The second-order valence-corrected chi connectivity index (χ2v) is 5.55. The Bertz CT molecular complexity index is 415. The van der Waals surface area contributed by atoms with Crippen LogP contribution in [0.15, 0.2) is 18.2 Å². The highest BCUT2D eigenvalue weighted by molar-refractivity contribution is 14.1. The monoisotopic (exact) mass is 401 g/mol. The van der Waals surface area contributed by atoms with E-state index in [1.807, 2.05) is 6.07 Å². The third-order valence-corrected chi connectivity index (χ3v) is 4.11. The molecule has 0 heterocycles.